The minimum absolute atomic E-state index is 0.388. The van der Waals surface area contributed by atoms with Crippen LogP contribution in [0.2, 0.25) is 5.02 Å². The van der Waals surface area contributed by atoms with Gasteiger partial charge >= 0.3 is 0 Å². The molecule has 2 N–H and O–H groups in total. The summed E-state index contributed by atoms with van der Waals surface area (Å²) in [6, 6.07) is 11.5. The Balaban J connectivity index is 2.09. The van der Waals surface area contributed by atoms with Gasteiger partial charge in [-0.15, -0.1) is 0 Å². The van der Waals surface area contributed by atoms with Crippen LogP contribution in [0.5, 0.6) is 5.75 Å². The zero-order valence-electron chi connectivity index (χ0n) is 12.5. The minimum atomic E-state index is -0.653. The molecule has 0 spiro atoms. The fourth-order valence-electron chi connectivity index (χ4n) is 2.14. The molecule has 2 rings (SSSR count). The van der Waals surface area contributed by atoms with Gasteiger partial charge in [0.2, 0.25) is 0 Å². The first-order chi connectivity index (χ1) is 10.0. The summed E-state index contributed by atoms with van der Waals surface area (Å²) in [4.78, 5) is 0. The molecule has 0 fully saturated rings. The predicted octanol–water partition coefficient (Wildman–Crippen LogP) is 4.11. The molecule has 0 aliphatic heterocycles. The van der Waals surface area contributed by atoms with Crippen molar-refractivity contribution >= 4 is 17.3 Å². The molecule has 0 aromatic heterocycles. The molecule has 0 heterocycles. The highest BCUT2D eigenvalue weighted by molar-refractivity contribution is 6.31. The third-order valence-corrected chi connectivity index (χ3v) is 3.82. The molecule has 0 aliphatic carbocycles. The second-order valence-electron chi connectivity index (χ2n) is 5.11. The summed E-state index contributed by atoms with van der Waals surface area (Å²) in [5.41, 5.74) is 3.78. The first-order valence-corrected chi connectivity index (χ1v) is 7.21. The monoisotopic (exact) mass is 305 g/mol. The molecule has 2 aromatic carbocycles. The molecule has 3 nitrogen and oxygen atoms in total. The van der Waals surface area contributed by atoms with Crippen LogP contribution in [0.4, 0.5) is 5.69 Å². The van der Waals surface area contributed by atoms with Gasteiger partial charge in [0.25, 0.3) is 0 Å². The molecule has 0 saturated carbocycles. The lowest BCUT2D eigenvalue weighted by Gasteiger charge is -2.17. The molecule has 0 saturated heterocycles. The number of aliphatic hydroxyl groups excluding tert-OH is 1. The zero-order chi connectivity index (χ0) is 15.4. The van der Waals surface area contributed by atoms with Gasteiger partial charge in [0, 0.05) is 22.8 Å². The lowest BCUT2D eigenvalue weighted by atomic mass is 10.0. The van der Waals surface area contributed by atoms with E-state index in [1.165, 1.54) is 0 Å². The number of methoxy groups -OCH3 is 1. The summed E-state index contributed by atoms with van der Waals surface area (Å²) >= 11 is 6.09. The van der Waals surface area contributed by atoms with Crippen molar-refractivity contribution in [3.63, 3.8) is 0 Å². The van der Waals surface area contributed by atoms with Gasteiger partial charge in [0.05, 0.1) is 13.2 Å². The average Bonchev–Trinajstić information content (AvgIpc) is 2.48. The van der Waals surface area contributed by atoms with Crippen molar-refractivity contribution in [2.24, 2.45) is 0 Å². The number of rotatable bonds is 5. The van der Waals surface area contributed by atoms with E-state index in [9.17, 15) is 5.11 Å². The summed E-state index contributed by atoms with van der Waals surface area (Å²) in [5.74, 6) is 0.692. The van der Waals surface area contributed by atoms with Gasteiger partial charge in [-0.1, -0.05) is 29.3 Å². The van der Waals surface area contributed by atoms with E-state index in [0.29, 0.717) is 17.3 Å². The Morgan fingerprint density at radius 3 is 2.62 bits per heavy atom. The molecule has 112 valence electrons. The third kappa shape index (κ3) is 3.90. The molecule has 21 heavy (non-hydrogen) atoms. The Bertz CT molecular complexity index is 628. The number of aryl methyl sites for hydroxylation is 2. The Labute approximate surface area is 130 Å². The number of aliphatic hydroxyl groups is 1. The first kappa shape index (κ1) is 15.7. The standard InChI is InChI=1S/C17H20ClNO2/c1-11-4-7-17(21-3)14(8-11)16(20)10-19-13-6-5-12(2)15(18)9-13/h4-9,16,19-20H,10H2,1-3H3. The summed E-state index contributed by atoms with van der Waals surface area (Å²) in [7, 11) is 1.61. The van der Waals surface area contributed by atoms with Crippen LogP contribution >= 0.6 is 11.6 Å². The smallest absolute Gasteiger partial charge is 0.124 e. The van der Waals surface area contributed by atoms with Crippen molar-refractivity contribution in [2.45, 2.75) is 20.0 Å². The fraction of sp³-hybridized carbons (Fsp3) is 0.294. The number of hydrogen-bond acceptors (Lipinski definition) is 3. The summed E-state index contributed by atoms with van der Waals surface area (Å²) < 4.78 is 5.30. The molecule has 1 unspecified atom stereocenters. The van der Waals surface area contributed by atoms with Crippen LogP contribution in [0.25, 0.3) is 0 Å². The fourth-order valence-corrected chi connectivity index (χ4v) is 2.32. The molecular weight excluding hydrogens is 286 g/mol. The summed E-state index contributed by atoms with van der Waals surface area (Å²) in [5, 5.41) is 14.3. The topological polar surface area (TPSA) is 41.5 Å². The Kier molecular flexibility index (Phi) is 5.10. The number of hydrogen-bond donors (Lipinski definition) is 2. The van der Waals surface area contributed by atoms with Crippen molar-refractivity contribution < 1.29 is 9.84 Å². The van der Waals surface area contributed by atoms with Crippen LogP contribution in [0.15, 0.2) is 36.4 Å². The van der Waals surface area contributed by atoms with Crippen molar-refractivity contribution in [1.29, 1.82) is 0 Å². The van der Waals surface area contributed by atoms with Gasteiger partial charge < -0.3 is 15.2 Å². The molecule has 1 atom stereocenters. The maximum atomic E-state index is 10.4. The lowest BCUT2D eigenvalue weighted by Crippen LogP contribution is -2.13. The molecule has 0 aliphatic rings. The van der Waals surface area contributed by atoms with Gasteiger partial charge in [-0.05, 0) is 43.7 Å². The number of halogens is 1. The molecule has 0 amide bonds. The zero-order valence-corrected chi connectivity index (χ0v) is 13.2. The van der Waals surface area contributed by atoms with E-state index in [0.717, 1.165) is 22.4 Å². The number of anilines is 1. The molecular formula is C17H20ClNO2. The summed E-state index contributed by atoms with van der Waals surface area (Å²) in [6.07, 6.45) is -0.653. The van der Waals surface area contributed by atoms with Crippen molar-refractivity contribution in [2.75, 3.05) is 19.0 Å². The molecule has 0 radical (unpaired) electrons. The van der Waals surface area contributed by atoms with Crippen LogP contribution in [0.3, 0.4) is 0 Å². The predicted molar refractivity (Wildman–Crippen MR) is 87.4 cm³/mol. The van der Waals surface area contributed by atoms with E-state index >= 15 is 0 Å². The second kappa shape index (κ2) is 6.83. The Morgan fingerprint density at radius 1 is 1.19 bits per heavy atom. The van der Waals surface area contributed by atoms with Crippen LogP contribution < -0.4 is 10.1 Å². The van der Waals surface area contributed by atoms with Crippen molar-refractivity contribution in [3.8, 4) is 5.75 Å². The maximum Gasteiger partial charge on any atom is 0.124 e. The number of benzene rings is 2. The van der Waals surface area contributed by atoms with Crippen LogP contribution in [-0.2, 0) is 0 Å². The molecule has 4 heteroatoms. The van der Waals surface area contributed by atoms with E-state index in [1.807, 2.05) is 50.2 Å². The van der Waals surface area contributed by atoms with Crippen LogP contribution in [0, 0.1) is 13.8 Å². The van der Waals surface area contributed by atoms with Crippen molar-refractivity contribution in [3.05, 3.63) is 58.1 Å². The largest absolute Gasteiger partial charge is 0.496 e. The van der Waals surface area contributed by atoms with E-state index in [-0.39, 0.29) is 0 Å². The number of nitrogens with one attached hydrogen (secondary N) is 1. The second-order valence-corrected chi connectivity index (χ2v) is 5.51. The van der Waals surface area contributed by atoms with Crippen LogP contribution in [-0.4, -0.2) is 18.8 Å². The average molecular weight is 306 g/mol. The van der Waals surface area contributed by atoms with Crippen molar-refractivity contribution in [1.82, 2.24) is 0 Å². The van der Waals surface area contributed by atoms with Gasteiger partial charge in [-0.25, -0.2) is 0 Å². The van der Waals surface area contributed by atoms with E-state index in [1.54, 1.807) is 7.11 Å². The first-order valence-electron chi connectivity index (χ1n) is 6.84. The molecule has 2 aromatic rings. The lowest BCUT2D eigenvalue weighted by molar-refractivity contribution is 0.187. The SMILES string of the molecule is COc1ccc(C)cc1C(O)CNc1ccc(C)c(Cl)c1. The Morgan fingerprint density at radius 2 is 1.95 bits per heavy atom. The van der Waals surface area contributed by atoms with Gasteiger partial charge in [-0.3, -0.25) is 0 Å². The minimum Gasteiger partial charge on any atom is -0.496 e. The van der Waals surface area contributed by atoms with Crippen LogP contribution in [0.1, 0.15) is 22.8 Å². The van der Waals surface area contributed by atoms with E-state index in [4.69, 9.17) is 16.3 Å². The van der Waals surface area contributed by atoms with E-state index in [2.05, 4.69) is 5.32 Å². The normalized spacial score (nSPS) is 12.0. The third-order valence-electron chi connectivity index (χ3n) is 3.42. The summed E-state index contributed by atoms with van der Waals surface area (Å²) in [6.45, 7) is 4.33. The molecule has 0 bridgehead atoms. The maximum absolute atomic E-state index is 10.4. The number of ether oxygens (including phenoxy) is 1. The highest BCUT2D eigenvalue weighted by atomic mass is 35.5. The highest BCUT2D eigenvalue weighted by Gasteiger charge is 2.13. The van der Waals surface area contributed by atoms with Gasteiger partial charge in [0.1, 0.15) is 5.75 Å². The van der Waals surface area contributed by atoms with E-state index < -0.39 is 6.10 Å². The van der Waals surface area contributed by atoms with Gasteiger partial charge in [0.15, 0.2) is 0 Å². The quantitative estimate of drug-likeness (QED) is 0.873. The highest BCUT2D eigenvalue weighted by Crippen LogP contribution is 2.27. The van der Waals surface area contributed by atoms with Gasteiger partial charge in [-0.2, -0.15) is 0 Å². The Hall–Kier alpha value is -1.71.